The number of thioether (sulfide) groups is 1. The monoisotopic (exact) mass is 406 g/mol. The fourth-order valence-corrected chi connectivity index (χ4v) is 5.27. The first kappa shape index (κ1) is 19.6. The molecule has 1 fully saturated rings. The summed E-state index contributed by atoms with van der Waals surface area (Å²) in [5, 5.41) is 21.9. The molecule has 2 heterocycles. The Hall–Kier alpha value is -2.75. The van der Waals surface area contributed by atoms with Crippen LogP contribution in [0, 0.1) is 18.3 Å². The summed E-state index contributed by atoms with van der Waals surface area (Å²) in [5.74, 6) is 0.571. The number of fused-ring (bicyclic) bond motifs is 1. The Bertz CT molecular complexity index is 1010. The van der Waals surface area contributed by atoms with E-state index in [4.69, 9.17) is 4.74 Å². The number of aryl methyl sites for hydroxylation is 1. The first-order valence-corrected chi connectivity index (χ1v) is 10.6. The molecule has 2 aromatic carbocycles. The van der Waals surface area contributed by atoms with Crippen LogP contribution in [-0.4, -0.2) is 28.3 Å². The number of hydrogen-bond donors (Lipinski definition) is 1. The van der Waals surface area contributed by atoms with Gasteiger partial charge in [-0.1, -0.05) is 42.0 Å². The summed E-state index contributed by atoms with van der Waals surface area (Å²) in [6, 6.07) is 17.4. The molecule has 0 spiro atoms. The number of carbonyl (C=O) groups excluding carboxylic acids is 1. The van der Waals surface area contributed by atoms with E-state index < -0.39 is 5.72 Å². The molecule has 0 aliphatic carbocycles. The normalized spacial score (nSPS) is 23.7. The molecule has 2 aromatic rings. The van der Waals surface area contributed by atoms with Crippen molar-refractivity contribution in [3.63, 3.8) is 0 Å². The Kier molecular flexibility index (Phi) is 5.12. The third-order valence-corrected chi connectivity index (χ3v) is 6.64. The summed E-state index contributed by atoms with van der Waals surface area (Å²) in [5.41, 5.74) is 1.74. The minimum Gasteiger partial charge on any atom is -0.494 e. The number of ether oxygens (including phenoxy) is 1. The lowest BCUT2D eigenvalue weighted by Crippen LogP contribution is -2.48. The minimum absolute atomic E-state index is 0.148. The van der Waals surface area contributed by atoms with Crippen LogP contribution in [0.5, 0.6) is 5.75 Å². The topological polar surface area (TPSA) is 73.6 Å². The molecule has 0 bridgehead atoms. The van der Waals surface area contributed by atoms with Crippen molar-refractivity contribution in [3.8, 4) is 11.8 Å². The van der Waals surface area contributed by atoms with Gasteiger partial charge in [-0.25, -0.2) is 0 Å². The molecule has 2 aliphatic rings. The third-order valence-electron chi connectivity index (χ3n) is 5.42. The zero-order valence-electron chi connectivity index (χ0n) is 16.4. The minimum atomic E-state index is -1.43. The Morgan fingerprint density at radius 3 is 2.55 bits per heavy atom. The smallest absolute Gasteiger partial charge is 0.231 e. The lowest BCUT2D eigenvalue weighted by atomic mass is 9.85. The summed E-state index contributed by atoms with van der Waals surface area (Å²) in [6.45, 7) is 4.48. The van der Waals surface area contributed by atoms with Gasteiger partial charge >= 0.3 is 0 Å². The summed E-state index contributed by atoms with van der Waals surface area (Å²) < 4.78 is 5.49. The second kappa shape index (κ2) is 7.58. The van der Waals surface area contributed by atoms with Gasteiger partial charge in [-0.3, -0.25) is 9.69 Å². The van der Waals surface area contributed by atoms with Crippen LogP contribution in [-0.2, 0) is 10.5 Å². The summed E-state index contributed by atoms with van der Waals surface area (Å²) in [7, 11) is 0. The van der Waals surface area contributed by atoms with Gasteiger partial charge in [0.2, 0.25) is 5.91 Å². The van der Waals surface area contributed by atoms with Gasteiger partial charge in [-0.05, 0) is 31.5 Å². The van der Waals surface area contributed by atoms with Crippen molar-refractivity contribution in [3.05, 3.63) is 75.8 Å². The number of carbonyl (C=O) groups is 1. The van der Waals surface area contributed by atoms with E-state index >= 15 is 0 Å². The van der Waals surface area contributed by atoms with Crippen molar-refractivity contribution >= 4 is 17.7 Å². The van der Waals surface area contributed by atoms with Crippen molar-refractivity contribution in [1.29, 1.82) is 5.26 Å². The van der Waals surface area contributed by atoms with Crippen LogP contribution in [0.15, 0.2) is 59.1 Å². The van der Waals surface area contributed by atoms with E-state index in [1.807, 2.05) is 62.4 Å². The number of allylic oxidation sites excluding steroid dienone is 1. The van der Waals surface area contributed by atoms with Crippen molar-refractivity contribution in [2.45, 2.75) is 31.9 Å². The van der Waals surface area contributed by atoms with Gasteiger partial charge in [-0.2, -0.15) is 5.26 Å². The van der Waals surface area contributed by atoms with Crippen LogP contribution in [0.4, 0.5) is 0 Å². The number of benzene rings is 2. The molecule has 6 heteroatoms. The molecule has 0 radical (unpaired) electrons. The van der Waals surface area contributed by atoms with Crippen LogP contribution in [0.2, 0.25) is 0 Å². The highest BCUT2D eigenvalue weighted by Gasteiger charge is 2.51. The Balaban J connectivity index is 1.73. The van der Waals surface area contributed by atoms with E-state index in [0.29, 0.717) is 28.5 Å². The van der Waals surface area contributed by atoms with E-state index in [9.17, 15) is 15.2 Å². The number of amides is 1. The summed E-state index contributed by atoms with van der Waals surface area (Å²) >= 11 is 1.37. The van der Waals surface area contributed by atoms with Gasteiger partial charge < -0.3 is 9.84 Å². The number of nitriles is 1. The Morgan fingerprint density at radius 2 is 1.93 bits per heavy atom. The van der Waals surface area contributed by atoms with Crippen molar-refractivity contribution < 1.29 is 14.6 Å². The van der Waals surface area contributed by atoms with Crippen LogP contribution < -0.4 is 4.74 Å². The third kappa shape index (κ3) is 3.31. The first-order chi connectivity index (χ1) is 14.0. The van der Waals surface area contributed by atoms with Crippen molar-refractivity contribution in [2.24, 2.45) is 0 Å². The standard InChI is InChI=1S/C23H22N2O3S/c1-3-28-18-10-6-16(7-11-18)19-12-21(26)25-22(20(19)13-24)29-14-23(25,27)17-8-4-15(2)5-9-17/h4-11,19,27H,3,12,14H2,1-2H3/t19-,23+/m1/s1. The predicted octanol–water partition coefficient (Wildman–Crippen LogP) is 4.04. The molecule has 2 aliphatic heterocycles. The molecule has 2 atom stereocenters. The van der Waals surface area contributed by atoms with E-state index in [0.717, 1.165) is 16.9 Å². The first-order valence-electron chi connectivity index (χ1n) is 9.60. The van der Waals surface area contributed by atoms with Gasteiger partial charge in [0.05, 0.1) is 29.0 Å². The molecule has 148 valence electrons. The van der Waals surface area contributed by atoms with Gasteiger partial charge in [0, 0.05) is 17.9 Å². The number of hydrogen-bond acceptors (Lipinski definition) is 5. The molecule has 1 N–H and O–H groups in total. The summed E-state index contributed by atoms with van der Waals surface area (Å²) in [6.07, 6.45) is 0.148. The zero-order chi connectivity index (χ0) is 20.6. The number of rotatable bonds is 4. The predicted molar refractivity (Wildman–Crippen MR) is 112 cm³/mol. The van der Waals surface area contributed by atoms with Crippen LogP contribution in [0.3, 0.4) is 0 Å². The fourth-order valence-electron chi connectivity index (χ4n) is 3.91. The van der Waals surface area contributed by atoms with Gasteiger partial charge in [0.15, 0.2) is 5.72 Å². The van der Waals surface area contributed by atoms with E-state index in [1.165, 1.54) is 16.7 Å². The van der Waals surface area contributed by atoms with Gasteiger partial charge in [0.25, 0.3) is 0 Å². The maximum absolute atomic E-state index is 13.1. The zero-order valence-corrected chi connectivity index (χ0v) is 17.2. The highest BCUT2D eigenvalue weighted by Crippen LogP contribution is 2.51. The SMILES string of the molecule is CCOc1ccc([C@H]2CC(=O)N3C(=C2C#N)SC[C@]3(O)c2ccc(C)cc2)cc1. The molecule has 5 nitrogen and oxygen atoms in total. The highest BCUT2D eigenvalue weighted by atomic mass is 32.2. The molecule has 29 heavy (non-hydrogen) atoms. The molecule has 0 unspecified atom stereocenters. The molecular weight excluding hydrogens is 384 g/mol. The largest absolute Gasteiger partial charge is 0.494 e. The number of aliphatic hydroxyl groups is 1. The Labute approximate surface area is 174 Å². The van der Waals surface area contributed by atoms with Crippen LogP contribution >= 0.6 is 11.8 Å². The van der Waals surface area contributed by atoms with E-state index in [-0.39, 0.29) is 18.2 Å². The molecule has 0 aromatic heterocycles. The quantitative estimate of drug-likeness (QED) is 0.830. The van der Waals surface area contributed by atoms with Crippen molar-refractivity contribution in [1.82, 2.24) is 4.90 Å². The van der Waals surface area contributed by atoms with Crippen LogP contribution in [0.25, 0.3) is 0 Å². The fraction of sp³-hybridized carbons (Fsp3) is 0.304. The van der Waals surface area contributed by atoms with Crippen molar-refractivity contribution in [2.75, 3.05) is 12.4 Å². The second-order valence-corrected chi connectivity index (χ2v) is 8.25. The molecule has 4 rings (SSSR count). The van der Waals surface area contributed by atoms with Crippen LogP contribution in [0.1, 0.15) is 36.0 Å². The lowest BCUT2D eigenvalue weighted by Gasteiger charge is -2.38. The molecule has 1 amide bonds. The second-order valence-electron chi connectivity index (χ2n) is 7.29. The van der Waals surface area contributed by atoms with E-state index in [2.05, 4.69) is 6.07 Å². The molecule has 0 saturated carbocycles. The van der Waals surface area contributed by atoms with Gasteiger partial charge in [0.1, 0.15) is 5.75 Å². The molecule has 1 saturated heterocycles. The average Bonchev–Trinajstić information content (AvgIpc) is 3.08. The lowest BCUT2D eigenvalue weighted by molar-refractivity contribution is -0.149. The highest BCUT2D eigenvalue weighted by molar-refractivity contribution is 8.03. The Morgan fingerprint density at radius 1 is 1.24 bits per heavy atom. The van der Waals surface area contributed by atoms with E-state index in [1.54, 1.807) is 0 Å². The summed E-state index contributed by atoms with van der Waals surface area (Å²) in [4.78, 5) is 14.6. The molecular formula is C23H22N2O3S. The maximum atomic E-state index is 13.1. The number of nitrogens with zero attached hydrogens (tertiary/aromatic N) is 2. The maximum Gasteiger partial charge on any atom is 0.231 e. The average molecular weight is 407 g/mol. The van der Waals surface area contributed by atoms with Gasteiger partial charge in [-0.15, -0.1) is 11.8 Å².